The lowest BCUT2D eigenvalue weighted by molar-refractivity contribution is -0.162. The number of ether oxygens (including phenoxy) is 3. The van der Waals surface area contributed by atoms with E-state index in [1.807, 2.05) is 6.08 Å². The van der Waals surface area contributed by atoms with Crippen LogP contribution in [0.3, 0.4) is 0 Å². The van der Waals surface area contributed by atoms with E-state index >= 15 is 0 Å². The summed E-state index contributed by atoms with van der Waals surface area (Å²) in [4.78, 5) is 25.4. The predicted octanol–water partition coefficient (Wildman–Crippen LogP) is 19.0. The lowest BCUT2D eigenvalue weighted by Gasteiger charge is -2.18. The molecule has 0 aliphatic heterocycles. The minimum absolute atomic E-state index is 0.0413. The second kappa shape index (κ2) is 56.1. The Balaban J connectivity index is 4.33. The number of unbranched alkanes of at least 4 members (excludes halogenated alkanes) is 23. The Labute approximate surface area is 409 Å². The fourth-order valence-electron chi connectivity index (χ4n) is 7.57. The van der Waals surface area contributed by atoms with Crippen LogP contribution in [-0.2, 0) is 23.8 Å². The van der Waals surface area contributed by atoms with Crippen LogP contribution in [0.1, 0.15) is 252 Å². The molecule has 0 aromatic heterocycles. The lowest BCUT2D eigenvalue weighted by Crippen LogP contribution is -2.30. The van der Waals surface area contributed by atoms with Crippen LogP contribution in [-0.4, -0.2) is 37.9 Å². The molecule has 0 fully saturated rings. The first-order chi connectivity index (χ1) is 32.6. The summed E-state index contributed by atoms with van der Waals surface area (Å²) < 4.78 is 17.4. The van der Waals surface area contributed by atoms with Crippen molar-refractivity contribution >= 4 is 11.9 Å². The second-order valence-corrected chi connectivity index (χ2v) is 18.1. The van der Waals surface area contributed by atoms with Gasteiger partial charge in [0.1, 0.15) is 6.61 Å². The fraction of sp³-hybridized carbons (Fsp3) is 0.705. The van der Waals surface area contributed by atoms with Crippen LogP contribution in [0.25, 0.3) is 0 Å². The van der Waals surface area contributed by atoms with Gasteiger partial charge in [0.2, 0.25) is 0 Å². The van der Waals surface area contributed by atoms with Gasteiger partial charge in [-0.15, -0.1) is 0 Å². The van der Waals surface area contributed by atoms with E-state index in [9.17, 15) is 9.59 Å². The summed E-state index contributed by atoms with van der Waals surface area (Å²) in [5.74, 6) is -0.516. The van der Waals surface area contributed by atoms with E-state index in [2.05, 4.69) is 112 Å². The van der Waals surface area contributed by atoms with Crippen molar-refractivity contribution in [1.82, 2.24) is 0 Å². The van der Waals surface area contributed by atoms with Crippen LogP contribution in [0.2, 0.25) is 0 Å². The molecule has 0 amide bonds. The zero-order chi connectivity index (χ0) is 47.7. The molecule has 0 bridgehead atoms. The molecule has 0 N–H and O–H groups in total. The molecule has 0 saturated heterocycles. The van der Waals surface area contributed by atoms with Gasteiger partial charge in [-0.3, -0.25) is 9.59 Å². The Morgan fingerprint density at radius 3 is 1.15 bits per heavy atom. The maximum Gasteiger partial charge on any atom is 0.306 e. The second-order valence-electron chi connectivity index (χ2n) is 18.1. The van der Waals surface area contributed by atoms with Crippen LogP contribution < -0.4 is 0 Å². The first kappa shape index (κ1) is 62.8. The largest absolute Gasteiger partial charge is 0.462 e. The Kier molecular flexibility index (Phi) is 53.4. The summed E-state index contributed by atoms with van der Waals surface area (Å²) in [6.45, 7) is 7.52. The van der Waals surface area contributed by atoms with E-state index in [0.29, 0.717) is 25.9 Å². The Morgan fingerprint density at radius 1 is 0.348 bits per heavy atom. The van der Waals surface area contributed by atoms with Gasteiger partial charge in [-0.1, -0.05) is 253 Å². The first-order valence-corrected chi connectivity index (χ1v) is 27.8. The van der Waals surface area contributed by atoms with Crippen LogP contribution in [0.15, 0.2) is 97.2 Å². The van der Waals surface area contributed by atoms with E-state index in [4.69, 9.17) is 14.2 Å². The number of carbonyl (C=O) groups is 2. The van der Waals surface area contributed by atoms with Gasteiger partial charge in [0.05, 0.1) is 6.61 Å². The van der Waals surface area contributed by atoms with Crippen molar-refractivity contribution in [3.8, 4) is 0 Å². The van der Waals surface area contributed by atoms with Crippen molar-refractivity contribution in [2.75, 3.05) is 19.8 Å². The van der Waals surface area contributed by atoms with Crippen molar-refractivity contribution < 1.29 is 23.8 Å². The molecule has 5 nitrogen and oxygen atoms in total. The summed E-state index contributed by atoms with van der Waals surface area (Å²) in [7, 11) is 0. The molecule has 378 valence electrons. The highest BCUT2D eigenvalue weighted by Gasteiger charge is 2.17. The average molecular weight is 917 g/mol. The maximum atomic E-state index is 12.8. The molecular weight excluding hydrogens is 813 g/mol. The molecule has 0 aliphatic carbocycles. The highest BCUT2D eigenvalue weighted by Crippen LogP contribution is 2.15. The van der Waals surface area contributed by atoms with E-state index in [1.54, 1.807) is 0 Å². The molecule has 0 aromatic carbocycles. The van der Waals surface area contributed by atoms with Crippen molar-refractivity contribution in [1.29, 1.82) is 0 Å². The predicted molar refractivity (Wildman–Crippen MR) is 288 cm³/mol. The summed E-state index contributed by atoms with van der Waals surface area (Å²) in [6.07, 6.45) is 75.9. The molecule has 5 heteroatoms. The molecule has 1 atom stereocenters. The molecule has 0 rings (SSSR count). The van der Waals surface area contributed by atoms with Gasteiger partial charge in [0.25, 0.3) is 0 Å². The van der Waals surface area contributed by atoms with Gasteiger partial charge >= 0.3 is 11.9 Å². The number of hydrogen-bond acceptors (Lipinski definition) is 5. The van der Waals surface area contributed by atoms with Crippen molar-refractivity contribution in [2.24, 2.45) is 0 Å². The SMILES string of the molecule is CC/C=C\C/C=C\C/C=C\C/C=C\CCCCCCC(=O)OCC(COCCCCCCCCCCCCCCCCCCCCCC)OC(=O)CC/C=C\C/C=C\C/C=C\C/C=C\CC. The van der Waals surface area contributed by atoms with Gasteiger partial charge in [0.15, 0.2) is 6.10 Å². The molecule has 1 unspecified atom stereocenters. The third-order valence-electron chi connectivity index (χ3n) is 11.6. The number of hydrogen-bond donors (Lipinski definition) is 0. The van der Waals surface area contributed by atoms with Crippen molar-refractivity contribution in [3.63, 3.8) is 0 Å². The average Bonchev–Trinajstić information content (AvgIpc) is 3.32. The van der Waals surface area contributed by atoms with Crippen molar-refractivity contribution in [2.45, 2.75) is 258 Å². The van der Waals surface area contributed by atoms with Gasteiger partial charge < -0.3 is 14.2 Å². The standard InChI is InChI=1S/C61H104O5/c1-4-7-10-13-16-19-22-25-27-29-30-31-33-35-38-41-44-47-50-53-56-64-57-59(66-61(63)55-52-49-46-43-40-36-24-21-18-15-12-9-6-3)58-65-60(62)54-51-48-45-42-39-37-34-32-28-26-23-20-17-14-11-8-5-2/h8-9,11-12,17-18,20-21,26,28,34,36-37,40,46,49,59H,4-7,10,13-16,19,22-25,27,29-33,35,38-39,41-45,47-48,50-58H2,1-3H3/b11-8-,12-9-,20-17-,21-18-,28-26-,37-34-,40-36-,49-46-. The molecule has 0 spiro atoms. The van der Waals surface area contributed by atoms with E-state index in [0.717, 1.165) is 96.3 Å². The zero-order valence-electron chi connectivity index (χ0n) is 43.4. The quantitative estimate of drug-likeness (QED) is 0.0346. The number of rotatable bonds is 50. The summed E-state index contributed by atoms with van der Waals surface area (Å²) in [5.41, 5.74) is 0. The number of esters is 2. The molecule has 0 aromatic rings. The van der Waals surface area contributed by atoms with Crippen LogP contribution in [0.4, 0.5) is 0 Å². The smallest absolute Gasteiger partial charge is 0.306 e. The van der Waals surface area contributed by atoms with Gasteiger partial charge in [-0.25, -0.2) is 0 Å². The summed E-state index contributed by atoms with van der Waals surface area (Å²) in [6, 6.07) is 0. The van der Waals surface area contributed by atoms with Crippen LogP contribution in [0, 0.1) is 0 Å². The van der Waals surface area contributed by atoms with E-state index < -0.39 is 6.10 Å². The Hall–Kier alpha value is -3.18. The molecule has 0 saturated carbocycles. The molecule has 0 radical (unpaired) electrons. The topological polar surface area (TPSA) is 61.8 Å². The summed E-state index contributed by atoms with van der Waals surface area (Å²) in [5, 5.41) is 0. The van der Waals surface area contributed by atoms with Gasteiger partial charge in [-0.05, 0) is 83.5 Å². The zero-order valence-corrected chi connectivity index (χ0v) is 43.4. The van der Waals surface area contributed by atoms with E-state index in [-0.39, 0.29) is 25.2 Å². The number of allylic oxidation sites excluding steroid dienone is 16. The fourth-order valence-corrected chi connectivity index (χ4v) is 7.57. The van der Waals surface area contributed by atoms with Crippen molar-refractivity contribution in [3.05, 3.63) is 97.2 Å². The Bertz CT molecular complexity index is 1270. The summed E-state index contributed by atoms with van der Waals surface area (Å²) >= 11 is 0. The van der Waals surface area contributed by atoms with Crippen LogP contribution in [0.5, 0.6) is 0 Å². The third kappa shape index (κ3) is 53.4. The monoisotopic (exact) mass is 917 g/mol. The normalized spacial score (nSPS) is 13.0. The van der Waals surface area contributed by atoms with E-state index in [1.165, 1.54) is 116 Å². The third-order valence-corrected chi connectivity index (χ3v) is 11.6. The number of carbonyl (C=O) groups excluding carboxylic acids is 2. The first-order valence-electron chi connectivity index (χ1n) is 27.8. The molecule has 66 heavy (non-hydrogen) atoms. The van der Waals surface area contributed by atoms with Crippen LogP contribution >= 0.6 is 0 Å². The molecule has 0 aliphatic rings. The minimum Gasteiger partial charge on any atom is -0.462 e. The van der Waals surface area contributed by atoms with Gasteiger partial charge in [0, 0.05) is 19.4 Å². The maximum absolute atomic E-state index is 12.8. The lowest BCUT2D eigenvalue weighted by atomic mass is 10.0. The van der Waals surface area contributed by atoms with Gasteiger partial charge in [-0.2, -0.15) is 0 Å². The Morgan fingerprint density at radius 2 is 0.712 bits per heavy atom. The molecular formula is C61H104O5. The highest BCUT2D eigenvalue weighted by atomic mass is 16.6. The highest BCUT2D eigenvalue weighted by molar-refractivity contribution is 5.70. The molecule has 0 heterocycles. The minimum atomic E-state index is -0.588.